The van der Waals surface area contributed by atoms with Gasteiger partial charge in [-0.2, -0.15) is 0 Å². The number of aromatic hydroxyl groups is 2. The highest BCUT2D eigenvalue weighted by Gasteiger charge is 2.34. The zero-order chi connectivity index (χ0) is 19.7. The molecular weight excluding hydrogens is 392 g/mol. The molecule has 0 unspecified atom stereocenters. The quantitative estimate of drug-likeness (QED) is 0.285. The van der Waals surface area contributed by atoms with Gasteiger partial charge in [0.05, 0.1) is 17.0 Å². The van der Waals surface area contributed by atoms with E-state index in [1.165, 1.54) is 12.1 Å². The van der Waals surface area contributed by atoms with Crippen LogP contribution in [0, 0.1) is 9.54 Å². The molecule has 0 radical (unpaired) electrons. The minimum atomic E-state index is -1.63. The molecule has 9 nitrogen and oxygen atoms in total. The van der Waals surface area contributed by atoms with Crippen molar-refractivity contribution in [3.8, 4) is 11.8 Å². The first-order chi connectivity index (χ1) is 12.8. The van der Waals surface area contributed by atoms with Crippen LogP contribution in [0.4, 0.5) is 0 Å². The molecule has 0 spiro atoms. The van der Waals surface area contributed by atoms with Crippen molar-refractivity contribution in [3.63, 3.8) is 0 Å². The normalized spacial score (nSPS) is 10.9. The molecule has 0 aliphatic carbocycles. The maximum atomic E-state index is 13.1. The molecule has 0 amide bonds. The Morgan fingerprint density at radius 3 is 1.67 bits per heavy atom. The minimum absolute atomic E-state index is 0.157. The summed E-state index contributed by atoms with van der Waals surface area (Å²) in [5.74, 6) is -3.72. The van der Waals surface area contributed by atoms with Crippen molar-refractivity contribution in [2.24, 2.45) is 0 Å². The van der Waals surface area contributed by atoms with Gasteiger partial charge in [0.2, 0.25) is 11.8 Å². The number of benzene rings is 1. The van der Waals surface area contributed by atoms with E-state index in [1.54, 1.807) is 18.2 Å². The number of aromatic amines is 4. The lowest BCUT2D eigenvalue weighted by Gasteiger charge is -2.17. The first kappa shape index (κ1) is 18.5. The average Bonchev–Trinajstić information content (AvgIpc) is 2.59. The van der Waals surface area contributed by atoms with Gasteiger partial charge in [0, 0.05) is 5.56 Å². The molecule has 0 aliphatic rings. The zero-order valence-electron chi connectivity index (χ0n) is 13.4. The Labute approximate surface area is 160 Å². The lowest BCUT2D eigenvalue weighted by atomic mass is 9.86. The van der Waals surface area contributed by atoms with Crippen LogP contribution in [-0.2, 0) is 0 Å². The van der Waals surface area contributed by atoms with Gasteiger partial charge in [-0.1, -0.05) is 30.3 Å². The number of Topliss-reactive ketones (excluding diaryl/α,β-unsaturated/α-hetero) is 1. The van der Waals surface area contributed by atoms with Crippen LogP contribution in [0.15, 0.2) is 39.9 Å². The molecule has 3 rings (SSSR count). The number of carbonyl (C=O) groups excluding carboxylic acids is 1. The summed E-state index contributed by atoms with van der Waals surface area (Å²) in [5.41, 5.74) is -2.55. The fourth-order valence-electron chi connectivity index (χ4n) is 2.68. The van der Waals surface area contributed by atoms with Gasteiger partial charge in [0.1, 0.15) is 0 Å². The smallest absolute Gasteiger partial charge is 0.259 e. The number of H-pyrrole nitrogens is 4. The molecule has 0 saturated carbocycles. The van der Waals surface area contributed by atoms with Crippen LogP contribution >= 0.6 is 24.4 Å². The van der Waals surface area contributed by atoms with E-state index in [-0.39, 0.29) is 15.1 Å². The number of hydrogen-bond acceptors (Lipinski definition) is 7. The SMILES string of the molecule is O=C(c1ccccc1)C(c1c(O)[nH]c(=S)[nH]c1=O)c1c(O)[nH]c(=S)[nH]c1=O. The first-order valence-electron chi connectivity index (χ1n) is 7.49. The highest BCUT2D eigenvalue weighted by atomic mass is 32.1. The van der Waals surface area contributed by atoms with Gasteiger partial charge >= 0.3 is 0 Å². The summed E-state index contributed by atoms with van der Waals surface area (Å²) < 4.78 is -0.337. The third kappa shape index (κ3) is 3.50. The summed E-state index contributed by atoms with van der Waals surface area (Å²) >= 11 is 9.57. The van der Waals surface area contributed by atoms with E-state index in [0.717, 1.165) is 0 Å². The van der Waals surface area contributed by atoms with Crippen LogP contribution in [0.1, 0.15) is 27.4 Å². The molecule has 27 heavy (non-hydrogen) atoms. The van der Waals surface area contributed by atoms with Gasteiger partial charge in [-0.25, -0.2) is 0 Å². The van der Waals surface area contributed by atoms with Gasteiger partial charge in [-0.15, -0.1) is 0 Å². The number of ketones is 1. The summed E-state index contributed by atoms with van der Waals surface area (Å²) in [6.07, 6.45) is 0. The standard InChI is InChI=1S/C16H12N4O5S2/c21-10(6-4-2-1-3-5-6)7(8-11(22)17-15(26)18-12(8)23)9-13(24)19-16(27)20-14(9)25/h1-5,7H,(H3,17,18,22,23,26)(H3,19,20,24,25,27). The van der Waals surface area contributed by atoms with Crippen molar-refractivity contribution >= 4 is 30.2 Å². The Bertz CT molecular complexity index is 1180. The highest BCUT2D eigenvalue weighted by molar-refractivity contribution is 7.71. The van der Waals surface area contributed by atoms with E-state index in [0.29, 0.717) is 0 Å². The van der Waals surface area contributed by atoms with E-state index >= 15 is 0 Å². The van der Waals surface area contributed by atoms with E-state index < -0.39 is 45.7 Å². The van der Waals surface area contributed by atoms with Crippen LogP contribution in [0.3, 0.4) is 0 Å². The molecule has 0 atom stereocenters. The number of rotatable bonds is 4. The molecule has 0 aliphatic heterocycles. The Morgan fingerprint density at radius 1 is 0.815 bits per heavy atom. The van der Waals surface area contributed by atoms with Crippen molar-refractivity contribution < 1.29 is 15.0 Å². The summed E-state index contributed by atoms with van der Waals surface area (Å²) in [7, 11) is 0. The predicted molar refractivity (Wildman–Crippen MR) is 100 cm³/mol. The summed E-state index contributed by atoms with van der Waals surface area (Å²) in [6, 6.07) is 7.81. The number of hydrogen-bond donors (Lipinski definition) is 6. The highest BCUT2D eigenvalue weighted by Crippen LogP contribution is 2.32. The molecule has 2 heterocycles. The van der Waals surface area contributed by atoms with E-state index in [4.69, 9.17) is 24.4 Å². The summed E-state index contributed by atoms with van der Waals surface area (Å²) in [5, 5.41) is 20.4. The molecular formula is C16H12N4O5S2. The van der Waals surface area contributed by atoms with Gasteiger partial charge in [-0.05, 0) is 24.4 Å². The molecule has 11 heteroatoms. The van der Waals surface area contributed by atoms with Crippen molar-refractivity contribution in [1.82, 2.24) is 19.9 Å². The van der Waals surface area contributed by atoms with Crippen molar-refractivity contribution in [2.45, 2.75) is 5.92 Å². The van der Waals surface area contributed by atoms with E-state index in [1.807, 2.05) is 0 Å². The van der Waals surface area contributed by atoms with Crippen LogP contribution in [0.2, 0.25) is 0 Å². The number of aromatic nitrogens is 4. The largest absolute Gasteiger partial charge is 0.494 e. The third-order valence-corrected chi connectivity index (χ3v) is 4.22. The van der Waals surface area contributed by atoms with Gasteiger partial charge in [0.15, 0.2) is 15.3 Å². The van der Waals surface area contributed by atoms with Crippen LogP contribution < -0.4 is 11.1 Å². The number of nitrogens with one attached hydrogen (secondary N) is 4. The number of carbonyl (C=O) groups is 1. The van der Waals surface area contributed by atoms with Gasteiger partial charge < -0.3 is 20.2 Å². The third-order valence-electron chi connectivity index (χ3n) is 3.82. The van der Waals surface area contributed by atoms with Crippen LogP contribution in [0.5, 0.6) is 11.8 Å². The summed E-state index contributed by atoms with van der Waals surface area (Å²) in [4.78, 5) is 47.1. The Balaban J connectivity index is 2.38. The molecule has 0 fully saturated rings. The second-order valence-electron chi connectivity index (χ2n) is 5.50. The maximum absolute atomic E-state index is 13.1. The molecule has 138 valence electrons. The molecule has 2 aromatic heterocycles. The molecule has 0 saturated heterocycles. The Kier molecular flexibility index (Phi) is 4.88. The maximum Gasteiger partial charge on any atom is 0.259 e. The van der Waals surface area contributed by atoms with Gasteiger partial charge in [0.25, 0.3) is 11.1 Å². The Morgan fingerprint density at radius 2 is 1.26 bits per heavy atom. The topological polar surface area (TPSA) is 155 Å². The van der Waals surface area contributed by atoms with Crippen molar-refractivity contribution in [3.05, 3.63) is 77.3 Å². The zero-order valence-corrected chi connectivity index (χ0v) is 15.0. The van der Waals surface area contributed by atoms with Gasteiger partial charge in [-0.3, -0.25) is 24.4 Å². The molecule has 3 aromatic rings. The average molecular weight is 404 g/mol. The van der Waals surface area contributed by atoms with Crippen molar-refractivity contribution in [1.29, 1.82) is 0 Å². The first-order valence-corrected chi connectivity index (χ1v) is 8.31. The predicted octanol–water partition coefficient (Wildman–Crippen LogP) is 1.60. The lowest BCUT2D eigenvalue weighted by Crippen LogP contribution is -2.29. The van der Waals surface area contributed by atoms with Crippen LogP contribution in [-0.4, -0.2) is 35.9 Å². The monoisotopic (exact) mass is 404 g/mol. The molecule has 1 aromatic carbocycles. The Hall–Kier alpha value is -3.31. The second-order valence-corrected chi connectivity index (χ2v) is 6.32. The van der Waals surface area contributed by atoms with E-state index in [2.05, 4.69) is 19.9 Å². The van der Waals surface area contributed by atoms with E-state index in [9.17, 15) is 24.6 Å². The minimum Gasteiger partial charge on any atom is -0.494 e. The van der Waals surface area contributed by atoms with Crippen LogP contribution in [0.25, 0.3) is 0 Å². The fourth-order valence-corrected chi connectivity index (χ4v) is 3.06. The second kappa shape index (κ2) is 7.13. The fraction of sp³-hybridized carbons (Fsp3) is 0.0625. The lowest BCUT2D eigenvalue weighted by molar-refractivity contribution is 0.0969. The molecule has 0 bridgehead atoms. The van der Waals surface area contributed by atoms with Crippen molar-refractivity contribution in [2.75, 3.05) is 0 Å². The summed E-state index contributed by atoms with van der Waals surface area (Å²) in [6.45, 7) is 0. The molecule has 6 N–H and O–H groups in total.